The largest absolute Gasteiger partial charge is 0.399 e. The zero-order chi connectivity index (χ0) is 14.7. The van der Waals surface area contributed by atoms with Crippen molar-refractivity contribution in [2.75, 3.05) is 45.1 Å². The highest BCUT2D eigenvalue weighted by molar-refractivity contribution is 5.95. The van der Waals surface area contributed by atoms with Crippen molar-refractivity contribution in [3.8, 4) is 0 Å². The van der Waals surface area contributed by atoms with E-state index in [2.05, 4.69) is 4.90 Å². The predicted octanol–water partition coefficient (Wildman–Crippen LogP) is 2.05. The fourth-order valence-corrected chi connectivity index (χ4v) is 3.21. The normalized spacial score (nSPS) is 21.4. The van der Waals surface area contributed by atoms with Crippen LogP contribution in [0.15, 0.2) is 24.3 Å². The first-order valence-corrected chi connectivity index (χ1v) is 7.70. The molecule has 5 nitrogen and oxygen atoms in total. The third-order valence-corrected chi connectivity index (χ3v) is 4.34. The van der Waals surface area contributed by atoms with Crippen LogP contribution in [0.3, 0.4) is 0 Å². The van der Waals surface area contributed by atoms with Crippen LogP contribution >= 0.6 is 24.8 Å². The van der Waals surface area contributed by atoms with E-state index in [0.29, 0.717) is 17.3 Å². The summed E-state index contributed by atoms with van der Waals surface area (Å²) in [6, 6.07) is 7.59. The fourth-order valence-electron chi connectivity index (χ4n) is 3.21. The Hall–Kier alpha value is -1.01. The second-order valence-electron chi connectivity index (χ2n) is 5.83. The Balaban J connectivity index is 0.00000132. The Labute approximate surface area is 150 Å². The van der Waals surface area contributed by atoms with Crippen molar-refractivity contribution in [2.45, 2.75) is 18.9 Å². The van der Waals surface area contributed by atoms with Crippen LogP contribution in [-0.2, 0) is 4.74 Å². The summed E-state index contributed by atoms with van der Waals surface area (Å²) in [4.78, 5) is 17.1. The Morgan fingerprint density at radius 3 is 2.65 bits per heavy atom. The highest BCUT2D eigenvalue weighted by Crippen LogP contribution is 2.22. The van der Waals surface area contributed by atoms with Crippen LogP contribution in [-0.4, -0.2) is 61.1 Å². The highest BCUT2D eigenvalue weighted by atomic mass is 35.5. The second-order valence-corrected chi connectivity index (χ2v) is 5.83. The second kappa shape index (κ2) is 9.33. The van der Waals surface area contributed by atoms with Gasteiger partial charge in [0, 0.05) is 43.5 Å². The number of amides is 1. The van der Waals surface area contributed by atoms with Gasteiger partial charge in [0.2, 0.25) is 0 Å². The van der Waals surface area contributed by atoms with Crippen molar-refractivity contribution in [3.05, 3.63) is 29.8 Å². The molecule has 2 N–H and O–H groups in total. The zero-order valence-electron chi connectivity index (χ0n) is 13.1. The quantitative estimate of drug-likeness (QED) is 0.837. The maximum Gasteiger partial charge on any atom is 0.254 e. The molecule has 0 saturated carbocycles. The predicted molar refractivity (Wildman–Crippen MR) is 96.7 cm³/mol. The summed E-state index contributed by atoms with van der Waals surface area (Å²) in [6.07, 6.45) is 2.18. The summed E-state index contributed by atoms with van der Waals surface area (Å²) in [5.74, 6) is 0.109. The molecule has 2 heterocycles. The molecular formula is C16H25Cl2N3O2. The fraction of sp³-hybridized carbons (Fsp3) is 0.562. The van der Waals surface area contributed by atoms with E-state index in [1.54, 1.807) is 6.07 Å². The van der Waals surface area contributed by atoms with Crippen molar-refractivity contribution in [3.63, 3.8) is 0 Å². The van der Waals surface area contributed by atoms with Gasteiger partial charge in [-0.25, -0.2) is 0 Å². The number of likely N-dealkylation sites (tertiary alicyclic amines) is 1. The van der Waals surface area contributed by atoms with Gasteiger partial charge in [-0.2, -0.15) is 0 Å². The summed E-state index contributed by atoms with van der Waals surface area (Å²) in [5, 5.41) is 0. The number of carbonyl (C=O) groups excluding carboxylic acids is 1. The van der Waals surface area contributed by atoms with Crippen molar-refractivity contribution >= 4 is 36.4 Å². The SMILES string of the molecule is Cl.Cl.Nc1cccc(C(=O)N2CCCC2CN2CCOCC2)c1. The number of nitrogens with zero attached hydrogens (tertiary/aromatic N) is 2. The molecule has 1 unspecified atom stereocenters. The Morgan fingerprint density at radius 1 is 1.22 bits per heavy atom. The molecule has 2 aliphatic heterocycles. The Morgan fingerprint density at radius 2 is 1.96 bits per heavy atom. The molecule has 0 bridgehead atoms. The van der Waals surface area contributed by atoms with Crippen LogP contribution in [0.2, 0.25) is 0 Å². The van der Waals surface area contributed by atoms with Gasteiger partial charge in [0.05, 0.1) is 13.2 Å². The van der Waals surface area contributed by atoms with Gasteiger partial charge in [0.1, 0.15) is 0 Å². The number of benzene rings is 1. The van der Waals surface area contributed by atoms with E-state index in [1.165, 1.54) is 0 Å². The number of hydrogen-bond donors (Lipinski definition) is 1. The summed E-state index contributed by atoms with van der Waals surface area (Å²) < 4.78 is 5.38. The van der Waals surface area contributed by atoms with Crippen LogP contribution < -0.4 is 5.73 Å². The van der Waals surface area contributed by atoms with Crippen LogP contribution in [0.25, 0.3) is 0 Å². The maximum atomic E-state index is 12.7. The number of carbonyl (C=O) groups is 1. The topological polar surface area (TPSA) is 58.8 Å². The average molecular weight is 362 g/mol. The number of hydrogen-bond acceptors (Lipinski definition) is 4. The molecule has 130 valence electrons. The van der Waals surface area contributed by atoms with Gasteiger partial charge in [-0.05, 0) is 31.0 Å². The zero-order valence-corrected chi connectivity index (χ0v) is 14.8. The number of nitrogens with two attached hydrogens (primary N) is 1. The molecule has 1 aromatic carbocycles. The third-order valence-electron chi connectivity index (χ3n) is 4.34. The van der Waals surface area contributed by atoms with E-state index in [9.17, 15) is 4.79 Å². The van der Waals surface area contributed by atoms with E-state index >= 15 is 0 Å². The van der Waals surface area contributed by atoms with Crippen molar-refractivity contribution in [2.24, 2.45) is 0 Å². The minimum absolute atomic E-state index is 0. The van der Waals surface area contributed by atoms with E-state index in [4.69, 9.17) is 10.5 Å². The first kappa shape index (κ1) is 20.0. The Bertz CT molecular complexity index is 510. The lowest BCUT2D eigenvalue weighted by Crippen LogP contribution is -2.46. The molecule has 7 heteroatoms. The maximum absolute atomic E-state index is 12.7. The molecule has 0 spiro atoms. The van der Waals surface area contributed by atoms with Crippen molar-refractivity contribution in [1.29, 1.82) is 0 Å². The number of halogens is 2. The summed E-state index contributed by atoms with van der Waals surface area (Å²) in [7, 11) is 0. The van der Waals surface area contributed by atoms with Gasteiger partial charge in [0.15, 0.2) is 0 Å². The number of morpholine rings is 1. The van der Waals surface area contributed by atoms with Crippen molar-refractivity contribution in [1.82, 2.24) is 9.80 Å². The molecule has 0 radical (unpaired) electrons. The average Bonchev–Trinajstić information content (AvgIpc) is 2.95. The van der Waals surface area contributed by atoms with E-state index < -0.39 is 0 Å². The van der Waals surface area contributed by atoms with Gasteiger partial charge in [0.25, 0.3) is 5.91 Å². The smallest absolute Gasteiger partial charge is 0.254 e. The lowest BCUT2D eigenvalue weighted by molar-refractivity contribution is 0.0261. The molecule has 1 aromatic rings. The van der Waals surface area contributed by atoms with Crippen LogP contribution in [0.1, 0.15) is 23.2 Å². The van der Waals surface area contributed by atoms with E-state index in [0.717, 1.165) is 52.2 Å². The minimum atomic E-state index is 0. The standard InChI is InChI=1S/C16H23N3O2.2ClH/c17-14-4-1-3-13(11-14)16(20)19-6-2-5-15(19)12-18-7-9-21-10-8-18;;/h1,3-4,11,15H,2,5-10,12,17H2;2*1H. The van der Waals surface area contributed by atoms with Gasteiger partial charge < -0.3 is 15.4 Å². The van der Waals surface area contributed by atoms with E-state index in [-0.39, 0.29) is 30.7 Å². The molecule has 2 saturated heterocycles. The number of ether oxygens (including phenoxy) is 1. The molecule has 23 heavy (non-hydrogen) atoms. The molecule has 1 amide bonds. The molecule has 3 rings (SSSR count). The van der Waals surface area contributed by atoms with Gasteiger partial charge in [-0.1, -0.05) is 6.07 Å². The lowest BCUT2D eigenvalue weighted by Gasteiger charge is -2.33. The summed E-state index contributed by atoms with van der Waals surface area (Å²) >= 11 is 0. The first-order valence-electron chi connectivity index (χ1n) is 7.70. The molecule has 2 aliphatic rings. The minimum Gasteiger partial charge on any atom is -0.399 e. The van der Waals surface area contributed by atoms with Gasteiger partial charge in [-0.15, -0.1) is 24.8 Å². The third kappa shape index (κ3) is 4.98. The number of anilines is 1. The van der Waals surface area contributed by atoms with Gasteiger partial charge >= 0.3 is 0 Å². The van der Waals surface area contributed by atoms with Crippen LogP contribution in [0, 0.1) is 0 Å². The molecule has 0 aromatic heterocycles. The number of rotatable bonds is 3. The van der Waals surface area contributed by atoms with Crippen LogP contribution in [0.4, 0.5) is 5.69 Å². The van der Waals surface area contributed by atoms with Crippen molar-refractivity contribution < 1.29 is 9.53 Å². The molecule has 1 atom stereocenters. The monoisotopic (exact) mass is 361 g/mol. The molecule has 0 aliphatic carbocycles. The summed E-state index contributed by atoms with van der Waals surface area (Å²) in [5.41, 5.74) is 7.13. The first-order chi connectivity index (χ1) is 10.2. The molecular weight excluding hydrogens is 337 g/mol. The van der Waals surface area contributed by atoms with Gasteiger partial charge in [-0.3, -0.25) is 9.69 Å². The Kier molecular flexibility index (Phi) is 8.12. The van der Waals surface area contributed by atoms with Crippen LogP contribution in [0.5, 0.6) is 0 Å². The van der Waals surface area contributed by atoms with E-state index in [1.807, 2.05) is 23.1 Å². The number of nitrogen functional groups attached to an aromatic ring is 1. The lowest BCUT2D eigenvalue weighted by atomic mass is 10.1. The molecule has 2 fully saturated rings. The highest BCUT2D eigenvalue weighted by Gasteiger charge is 2.31. The summed E-state index contributed by atoms with van der Waals surface area (Å²) in [6.45, 7) is 5.35.